The molecule has 0 saturated heterocycles. The first-order valence-corrected chi connectivity index (χ1v) is 8.84. The first-order valence-electron chi connectivity index (χ1n) is 8.84. The van der Waals surface area contributed by atoms with Gasteiger partial charge in [-0.2, -0.15) is 0 Å². The van der Waals surface area contributed by atoms with Gasteiger partial charge in [0.1, 0.15) is 0 Å². The fourth-order valence-electron chi connectivity index (χ4n) is 3.59. The molecule has 1 amide bonds. The Balaban J connectivity index is 1.65. The zero-order chi connectivity index (χ0) is 18.0. The topological polar surface area (TPSA) is 75.4 Å². The van der Waals surface area contributed by atoms with Crippen LogP contribution in [-0.4, -0.2) is 45.2 Å². The Morgan fingerprint density at radius 3 is 2.92 bits per heavy atom. The molecule has 2 unspecified atom stereocenters. The minimum atomic E-state index is -0.300. The van der Waals surface area contributed by atoms with Gasteiger partial charge in [0.25, 0.3) is 5.56 Å². The molecule has 3 rings (SSSR count). The van der Waals surface area contributed by atoms with Crippen molar-refractivity contribution in [3.05, 3.63) is 40.4 Å². The molecule has 2 atom stereocenters. The van der Waals surface area contributed by atoms with Gasteiger partial charge in [0.2, 0.25) is 5.91 Å². The molecule has 1 aromatic heterocycles. The summed E-state index contributed by atoms with van der Waals surface area (Å²) < 4.78 is 1.50. The van der Waals surface area contributed by atoms with Gasteiger partial charge in [-0.25, -0.2) is 4.98 Å². The highest BCUT2D eigenvalue weighted by Gasteiger charge is 2.27. The summed E-state index contributed by atoms with van der Waals surface area (Å²) in [6.07, 6.45) is 4.27. The molecule has 1 N–H and O–H groups in total. The van der Waals surface area contributed by atoms with Crippen LogP contribution in [0.1, 0.15) is 31.2 Å². The van der Waals surface area contributed by atoms with E-state index in [0.717, 1.165) is 24.8 Å². The monoisotopic (exact) mass is 343 g/mol. The van der Waals surface area contributed by atoms with Crippen molar-refractivity contribution in [2.75, 3.05) is 13.6 Å². The number of para-hydroxylation sites is 1. The van der Waals surface area contributed by atoms with Gasteiger partial charge < -0.3 is 10.0 Å². The first-order chi connectivity index (χ1) is 12.0. The molecule has 25 heavy (non-hydrogen) atoms. The van der Waals surface area contributed by atoms with Crippen LogP contribution in [-0.2, 0) is 11.3 Å². The summed E-state index contributed by atoms with van der Waals surface area (Å²) in [7, 11) is 1.76. The van der Waals surface area contributed by atoms with E-state index < -0.39 is 0 Å². The smallest absolute Gasteiger partial charge is 0.261 e. The third-order valence-electron chi connectivity index (χ3n) is 5.17. The SMILES string of the molecule is Cc1cccc2c(=O)n(CCC(=O)N(C)CC3CCCC3O)cnc12. The van der Waals surface area contributed by atoms with Crippen LogP contribution in [0.4, 0.5) is 0 Å². The number of aliphatic hydroxyl groups excluding tert-OH is 1. The fraction of sp³-hybridized carbons (Fsp3) is 0.526. The molecule has 1 aliphatic carbocycles. The Morgan fingerprint density at radius 2 is 2.20 bits per heavy atom. The maximum atomic E-state index is 12.5. The zero-order valence-corrected chi connectivity index (χ0v) is 14.8. The van der Waals surface area contributed by atoms with E-state index in [4.69, 9.17) is 0 Å². The van der Waals surface area contributed by atoms with Crippen LogP contribution < -0.4 is 5.56 Å². The van der Waals surface area contributed by atoms with Gasteiger partial charge in [0.15, 0.2) is 0 Å². The van der Waals surface area contributed by atoms with Gasteiger partial charge in [-0.1, -0.05) is 18.6 Å². The molecule has 2 aromatic rings. The average Bonchev–Trinajstić information content (AvgIpc) is 2.99. The van der Waals surface area contributed by atoms with Crippen molar-refractivity contribution in [1.29, 1.82) is 0 Å². The minimum absolute atomic E-state index is 0.0182. The number of carbonyl (C=O) groups excluding carboxylic acids is 1. The third kappa shape index (κ3) is 3.74. The number of aliphatic hydroxyl groups is 1. The van der Waals surface area contributed by atoms with E-state index in [0.29, 0.717) is 24.0 Å². The zero-order valence-electron chi connectivity index (χ0n) is 14.8. The largest absolute Gasteiger partial charge is 0.393 e. The summed E-state index contributed by atoms with van der Waals surface area (Å²) in [5.74, 6) is 0.150. The van der Waals surface area contributed by atoms with Crippen molar-refractivity contribution in [2.24, 2.45) is 5.92 Å². The Morgan fingerprint density at radius 1 is 1.40 bits per heavy atom. The average molecular weight is 343 g/mol. The summed E-state index contributed by atoms with van der Waals surface area (Å²) >= 11 is 0. The number of fused-ring (bicyclic) bond motifs is 1. The van der Waals surface area contributed by atoms with Crippen molar-refractivity contribution in [2.45, 2.75) is 45.3 Å². The van der Waals surface area contributed by atoms with Gasteiger partial charge >= 0.3 is 0 Å². The van der Waals surface area contributed by atoms with Gasteiger partial charge in [-0.15, -0.1) is 0 Å². The molecule has 1 heterocycles. The van der Waals surface area contributed by atoms with Crippen molar-refractivity contribution in [1.82, 2.24) is 14.5 Å². The molecule has 0 radical (unpaired) electrons. The molecular weight excluding hydrogens is 318 g/mol. The van der Waals surface area contributed by atoms with Gasteiger partial charge in [-0.05, 0) is 31.4 Å². The molecule has 6 heteroatoms. The Hall–Kier alpha value is -2.21. The normalized spacial score (nSPS) is 20.1. The number of benzene rings is 1. The lowest BCUT2D eigenvalue weighted by Gasteiger charge is -2.23. The number of aryl methyl sites for hydroxylation is 2. The van der Waals surface area contributed by atoms with Crippen molar-refractivity contribution in [3.8, 4) is 0 Å². The highest BCUT2D eigenvalue weighted by atomic mass is 16.3. The molecule has 1 fully saturated rings. The minimum Gasteiger partial charge on any atom is -0.393 e. The number of rotatable bonds is 5. The molecular formula is C19H25N3O3. The van der Waals surface area contributed by atoms with Crippen LogP contribution in [0.5, 0.6) is 0 Å². The van der Waals surface area contributed by atoms with Crippen LogP contribution in [0.2, 0.25) is 0 Å². The van der Waals surface area contributed by atoms with E-state index >= 15 is 0 Å². The lowest BCUT2D eigenvalue weighted by atomic mass is 10.1. The highest BCUT2D eigenvalue weighted by Crippen LogP contribution is 2.26. The van der Waals surface area contributed by atoms with E-state index in [1.54, 1.807) is 18.0 Å². The van der Waals surface area contributed by atoms with Crippen LogP contribution in [0.15, 0.2) is 29.3 Å². The summed E-state index contributed by atoms with van der Waals surface area (Å²) in [5, 5.41) is 10.5. The maximum Gasteiger partial charge on any atom is 0.261 e. The van der Waals surface area contributed by atoms with Crippen molar-refractivity contribution in [3.63, 3.8) is 0 Å². The second-order valence-corrected chi connectivity index (χ2v) is 7.00. The number of hydrogen-bond donors (Lipinski definition) is 1. The summed E-state index contributed by atoms with van der Waals surface area (Å²) in [4.78, 5) is 30.9. The summed E-state index contributed by atoms with van der Waals surface area (Å²) in [6, 6.07) is 5.54. The Kier molecular flexibility index (Phi) is 5.18. The molecule has 6 nitrogen and oxygen atoms in total. The molecule has 1 saturated carbocycles. The standard InChI is InChI=1S/C19H25N3O3/c1-13-5-3-7-15-18(13)20-12-22(19(15)25)10-9-17(24)21(2)11-14-6-4-8-16(14)23/h3,5,7,12,14,16,23H,4,6,8-11H2,1-2H3. The molecule has 1 aromatic carbocycles. The second-order valence-electron chi connectivity index (χ2n) is 7.00. The number of amides is 1. The lowest BCUT2D eigenvalue weighted by Crippen LogP contribution is -2.35. The Labute approximate surface area is 147 Å². The van der Waals surface area contributed by atoms with Gasteiger partial charge in [0, 0.05) is 32.5 Å². The van der Waals surface area contributed by atoms with Crippen LogP contribution in [0.25, 0.3) is 10.9 Å². The van der Waals surface area contributed by atoms with E-state index in [9.17, 15) is 14.7 Å². The highest BCUT2D eigenvalue weighted by molar-refractivity contribution is 5.80. The quantitative estimate of drug-likeness (QED) is 0.897. The van der Waals surface area contributed by atoms with Gasteiger partial charge in [0.05, 0.1) is 23.3 Å². The molecule has 134 valence electrons. The Bertz CT molecular complexity index is 830. The molecule has 1 aliphatic rings. The van der Waals surface area contributed by atoms with Crippen molar-refractivity contribution >= 4 is 16.8 Å². The molecule has 0 aliphatic heterocycles. The van der Waals surface area contributed by atoms with Crippen LogP contribution in [0.3, 0.4) is 0 Å². The molecule has 0 spiro atoms. The van der Waals surface area contributed by atoms with E-state index in [1.807, 2.05) is 19.1 Å². The summed E-state index contributed by atoms with van der Waals surface area (Å²) in [6.45, 7) is 2.81. The third-order valence-corrected chi connectivity index (χ3v) is 5.17. The van der Waals surface area contributed by atoms with Crippen LogP contribution >= 0.6 is 0 Å². The van der Waals surface area contributed by atoms with Gasteiger partial charge in [-0.3, -0.25) is 14.2 Å². The number of aromatic nitrogens is 2. The van der Waals surface area contributed by atoms with Crippen molar-refractivity contribution < 1.29 is 9.90 Å². The lowest BCUT2D eigenvalue weighted by molar-refractivity contribution is -0.131. The van der Waals surface area contributed by atoms with E-state index in [-0.39, 0.29) is 29.9 Å². The number of nitrogens with zero attached hydrogens (tertiary/aromatic N) is 3. The van der Waals surface area contributed by atoms with E-state index in [1.165, 1.54) is 10.9 Å². The maximum absolute atomic E-state index is 12.5. The summed E-state index contributed by atoms with van der Waals surface area (Å²) in [5.41, 5.74) is 1.56. The number of carbonyl (C=O) groups is 1. The number of hydrogen-bond acceptors (Lipinski definition) is 4. The predicted molar refractivity (Wildman–Crippen MR) is 96.3 cm³/mol. The second kappa shape index (κ2) is 7.35. The fourth-order valence-corrected chi connectivity index (χ4v) is 3.59. The molecule has 0 bridgehead atoms. The van der Waals surface area contributed by atoms with E-state index in [2.05, 4.69) is 4.98 Å². The predicted octanol–water partition coefficient (Wildman–Crippen LogP) is 1.71. The first kappa shape index (κ1) is 17.6. The van der Waals surface area contributed by atoms with Crippen LogP contribution in [0, 0.1) is 12.8 Å².